The van der Waals surface area contributed by atoms with Gasteiger partial charge in [-0.2, -0.15) is 0 Å². The van der Waals surface area contributed by atoms with Crippen LogP contribution < -0.4 is 5.32 Å². The maximum absolute atomic E-state index is 13.3. The number of hydrogen-bond acceptors (Lipinski definition) is 2. The monoisotopic (exact) mass is 225 g/mol. The third-order valence-electron chi connectivity index (χ3n) is 3.07. The van der Waals surface area contributed by atoms with E-state index in [9.17, 15) is 9.50 Å². The Kier molecular flexibility index (Phi) is 3.92. The molecule has 0 saturated carbocycles. The highest BCUT2D eigenvalue weighted by atomic mass is 19.1. The first-order valence-corrected chi connectivity index (χ1v) is 5.55. The molecule has 0 aliphatic rings. The SMILES string of the molecule is Cc1ccc(NCC(C)(O)C(C)C)cc1F. The van der Waals surface area contributed by atoms with Crippen molar-refractivity contribution in [2.45, 2.75) is 33.3 Å². The normalized spacial score (nSPS) is 14.9. The van der Waals surface area contributed by atoms with E-state index in [2.05, 4.69) is 5.32 Å². The Labute approximate surface area is 96.5 Å². The van der Waals surface area contributed by atoms with Gasteiger partial charge in [0.05, 0.1) is 5.60 Å². The lowest BCUT2D eigenvalue weighted by Gasteiger charge is -2.28. The van der Waals surface area contributed by atoms with Gasteiger partial charge in [0.2, 0.25) is 0 Å². The molecule has 1 aromatic rings. The van der Waals surface area contributed by atoms with Gasteiger partial charge in [-0.15, -0.1) is 0 Å². The Bertz CT molecular complexity index is 361. The zero-order valence-electron chi connectivity index (χ0n) is 10.3. The van der Waals surface area contributed by atoms with Crippen LogP contribution in [0.5, 0.6) is 0 Å². The maximum atomic E-state index is 13.3. The van der Waals surface area contributed by atoms with Gasteiger partial charge in [0.1, 0.15) is 5.82 Å². The molecular formula is C13H20FNO. The van der Waals surface area contributed by atoms with Crippen LogP contribution in [0, 0.1) is 18.7 Å². The summed E-state index contributed by atoms with van der Waals surface area (Å²) < 4.78 is 13.3. The van der Waals surface area contributed by atoms with E-state index in [0.29, 0.717) is 17.8 Å². The largest absolute Gasteiger partial charge is 0.388 e. The summed E-state index contributed by atoms with van der Waals surface area (Å²) >= 11 is 0. The molecule has 0 fully saturated rings. The molecule has 0 bridgehead atoms. The molecule has 2 nitrogen and oxygen atoms in total. The van der Waals surface area contributed by atoms with E-state index < -0.39 is 5.60 Å². The lowest BCUT2D eigenvalue weighted by Crippen LogP contribution is -2.38. The molecule has 2 N–H and O–H groups in total. The van der Waals surface area contributed by atoms with Crippen molar-refractivity contribution in [1.82, 2.24) is 0 Å². The summed E-state index contributed by atoms with van der Waals surface area (Å²) in [6.07, 6.45) is 0. The number of benzene rings is 1. The molecule has 0 aromatic heterocycles. The summed E-state index contributed by atoms with van der Waals surface area (Å²) in [7, 11) is 0. The Morgan fingerprint density at radius 3 is 2.56 bits per heavy atom. The second-order valence-corrected chi connectivity index (χ2v) is 4.83. The number of nitrogens with one attached hydrogen (secondary N) is 1. The zero-order chi connectivity index (χ0) is 12.3. The minimum atomic E-state index is -0.790. The Morgan fingerprint density at radius 2 is 2.06 bits per heavy atom. The van der Waals surface area contributed by atoms with Gasteiger partial charge in [-0.1, -0.05) is 19.9 Å². The van der Waals surface area contributed by atoms with Crippen molar-refractivity contribution in [3.63, 3.8) is 0 Å². The fourth-order valence-corrected chi connectivity index (χ4v) is 1.19. The van der Waals surface area contributed by atoms with Gasteiger partial charge in [-0.25, -0.2) is 4.39 Å². The van der Waals surface area contributed by atoms with Gasteiger partial charge < -0.3 is 10.4 Å². The molecule has 1 atom stereocenters. The smallest absolute Gasteiger partial charge is 0.128 e. The van der Waals surface area contributed by atoms with Gasteiger partial charge in [0, 0.05) is 12.2 Å². The molecule has 0 radical (unpaired) electrons. The van der Waals surface area contributed by atoms with Crippen LogP contribution in [-0.2, 0) is 0 Å². The molecular weight excluding hydrogens is 205 g/mol. The van der Waals surface area contributed by atoms with Crippen molar-refractivity contribution in [1.29, 1.82) is 0 Å². The van der Waals surface area contributed by atoms with Crippen molar-refractivity contribution in [3.8, 4) is 0 Å². The lowest BCUT2D eigenvalue weighted by atomic mass is 9.92. The van der Waals surface area contributed by atoms with E-state index in [1.54, 1.807) is 19.9 Å². The van der Waals surface area contributed by atoms with Crippen LogP contribution in [0.1, 0.15) is 26.3 Å². The third kappa shape index (κ3) is 3.20. The quantitative estimate of drug-likeness (QED) is 0.825. The number of hydrogen-bond donors (Lipinski definition) is 2. The van der Waals surface area contributed by atoms with Gasteiger partial charge in [-0.05, 0) is 37.5 Å². The summed E-state index contributed by atoms with van der Waals surface area (Å²) in [5.41, 5.74) is 0.534. The summed E-state index contributed by atoms with van der Waals surface area (Å²) in [5.74, 6) is -0.0792. The van der Waals surface area contributed by atoms with E-state index in [0.717, 1.165) is 0 Å². The van der Waals surface area contributed by atoms with Crippen molar-refractivity contribution >= 4 is 5.69 Å². The van der Waals surface area contributed by atoms with Crippen molar-refractivity contribution in [2.24, 2.45) is 5.92 Å². The van der Waals surface area contributed by atoms with E-state index in [4.69, 9.17) is 0 Å². The van der Waals surface area contributed by atoms with Crippen molar-refractivity contribution in [2.75, 3.05) is 11.9 Å². The van der Waals surface area contributed by atoms with Gasteiger partial charge >= 0.3 is 0 Å². The number of halogens is 1. The van der Waals surface area contributed by atoms with Crippen LogP contribution in [0.25, 0.3) is 0 Å². The molecule has 0 spiro atoms. The Hall–Kier alpha value is -1.09. The van der Waals surface area contributed by atoms with Crippen LogP contribution in [0.3, 0.4) is 0 Å². The van der Waals surface area contributed by atoms with Crippen LogP contribution >= 0.6 is 0 Å². The lowest BCUT2D eigenvalue weighted by molar-refractivity contribution is 0.0266. The highest BCUT2D eigenvalue weighted by Gasteiger charge is 2.24. The first-order chi connectivity index (χ1) is 7.33. The number of anilines is 1. The number of aliphatic hydroxyl groups is 1. The zero-order valence-corrected chi connectivity index (χ0v) is 10.3. The van der Waals surface area contributed by atoms with Crippen molar-refractivity contribution < 1.29 is 9.50 Å². The fraction of sp³-hybridized carbons (Fsp3) is 0.538. The molecule has 0 heterocycles. The molecule has 1 rings (SSSR count). The Morgan fingerprint density at radius 1 is 1.44 bits per heavy atom. The summed E-state index contributed by atoms with van der Waals surface area (Å²) in [5, 5.41) is 13.1. The summed E-state index contributed by atoms with van der Waals surface area (Å²) in [6.45, 7) is 7.82. The minimum Gasteiger partial charge on any atom is -0.388 e. The maximum Gasteiger partial charge on any atom is 0.128 e. The first kappa shape index (κ1) is 13.0. The molecule has 90 valence electrons. The second-order valence-electron chi connectivity index (χ2n) is 4.83. The second kappa shape index (κ2) is 4.83. The van der Waals surface area contributed by atoms with E-state index in [-0.39, 0.29) is 11.7 Å². The molecule has 0 amide bonds. The van der Waals surface area contributed by atoms with Crippen LogP contribution in [0.2, 0.25) is 0 Å². The molecule has 1 unspecified atom stereocenters. The predicted molar refractivity (Wildman–Crippen MR) is 65.1 cm³/mol. The standard InChI is InChI=1S/C13H20FNO/c1-9(2)13(4,16)8-15-11-6-5-10(3)12(14)7-11/h5-7,9,15-16H,8H2,1-4H3. The van der Waals surface area contributed by atoms with E-state index in [1.807, 2.05) is 19.9 Å². The topological polar surface area (TPSA) is 32.3 Å². The van der Waals surface area contributed by atoms with E-state index in [1.165, 1.54) is 6.07 Å². The highest BCUT2D eigenvalue weighted by molar-refractivity contribution is 5.45. The molecule has 0 aliphatic carbocycles. The first-order valence-electron chi connectivity index (χ1n) is 5.55. The average Bonchev–Trinajstić information content (AvgIpc) is 2.20. The molecule has 1 aromatic carbocycles. The molecule has 16 heavy (non-hydrogen) atoms. The van der Waals surface area contributed by atoms with Gasteiger partial charge in [0.15, 0.2) is 0 Å². The van der Waals surface area contributed by atoms with Crippen LogP contribution in [0.15, 0.2) is 18.2 Å². The number of rotatable bonds is 4. The molecule has 0 aliphatic heterocycles. The molecule has 0 saturated heterocycles. The van der Waals surface area contributed by atoms with Crippen LogP contribution in [0.4, 0.5) is 10.1 Å². The number of aryl methyl sites for hydroxylation is 1. The van der Waals surface area contributed by atoms with E-state index >= 15 is 0 Å². The fourth-order valence-electron chi connectivity index (χ4n) is 1.19. The minimum absolute atomic E-state index is 0.148. The van der Waals surface area contributed by atoms with Crippen LogP contribution in [-0.4, -0.2) is 17.3 Å². The predicted octanol–water partition coefficient (Wildman–Crippen LogP) is 2.95. The average molecular weight is 225 g/mol. The van der Waals surface area contributed by atoms with Gasteiger partial charge in [-0.3, -0.25) is 0 Å². The highest BCUT2D eigenvalue weighted by Crippen LogP contribution is 2.18. The Balaban J connectivity index is 2.65. The summed E-state index contributed by atoms with van der Waals surface area (Å²) in [4.78, 5) is 0. The van der Waals surface area contributed by atoms with Crippen molar-refractivity contribution in [3.05, 3.63) is 29.6 Å². The molecule has 3 heteroatoms. The van der Waals surface area contributed by atoms with Gasteiger partial charge in [0.25, 0.3) is 0 Å². The summed E-state index contributed by atoms with van der Waals surface area (Å²) in [6, 6.07) is 4.99. The third-order valence-corrected chi connectivity index (χ3v) is 3.07.